The highest BCUT2D eigenvalue weighted by atomic mass is 16.5. The number of amides is 4. The van der Waals surface area contributed by atoms with Crippen LogP contribution in [0.3, 0.4) is 0 Å². The van der Waals surface area contributed by atoms with Crippen LogP contribution >= 0.6 is 0 Å². The van der Waals surface area contributed by atoms with Gasteiger partial charge in [-0.1, -0.05) is 12.6 Å². The van der Waals surface area contributed by atoms with Crippen molar-refractivity contribution in [3.05, 3.63) is 65.6 Å². The summed E-state index contributed by atoms with van der Waals surface area (Å²) in [7, 11) is 3.27. The molecule has 0 spiro atoms. The van der Waals surface area contributed by atoms with E-state index in [0.717, 1.165) is 11.1 Å². The topological polar surface area (TPSA) is 126 Å². The smallest absolute Gasteiger partial charge is 0.322 e. The van der Waals surface area contributed by atoms with Crippen LogP contribution in [-0.4, -0.2) is 48.4 Å². The third-order valence-electron chi connectivity index (χ3n) is 6.01. The maximum atomic E-state index is 13.1. The number of aromatic nitrogens is 1. The van der Waals surface area contributed by atoms with Gasteiger partial charge in [-0.15, -0.1) is 0 Å². The van der Waals surface area contributed by atoms with Gasteiger partial charge in [-0.25, -0.2) is 4.79 Å². The van der Waals surface area contributed by atoms with Gasteiger partial charge in [0.15, 0.2) is 11.1 Å². The number of hydrogen-bond donors (Lipinski definition) is 3. The molecule has 2 aliphatic rings. The van der Waals surface area contributed by atoms with Gasteiger partial charge < -0.3 is 24.7 Å². The number of benzene rings is 1. The van der Waals surface area contributed by atoms with Gasteiger partial charge in [0.2, 0.25) is 0 Å². The Morgan fingerprint density at radius 2 is 2.12 bits per heavy atom. The first-order chi connectivity index (χ1) is 15.8. The number of carbonyl (C=O) groups is 3. The van der Waals surface area contributed by atoms with Crippen molar-refractivity contribution in [2.24, 2.45) is 0 Å². The maximum Gasteiger partial charge on any atom is 0.322 e. The zero-order valence-corrected chi connectivity index (χ0v) is 18.0. The van der Waals surface area contributed by atoms with Crippen LogP contribution < -0.4 is 20.7 Å². The molecule has 0 radical (unpaired) electrons. The number of methoxy groups -OCH3 is 1. The first-order valence-corrected chi connectivity index (χ1v) is 10.2. The fourth-order valence-electron chi connectivity index (χ4n) is 4.17. The minimum atomic E-state index is -1.60. The van der Waals surface area contributed by atoms with Crippen molar-refractivity contribution in [3.63, 3.8) is 0 Å². The SMILES string of the molecule is C=C(NC)c1cnc2cc(C3(CN4Cc5ccc(OC)cc5C4=O)NC(=O)NC3=O)oc2c1. The van der Waals surface area contributed by atoms with Crippen LogP contribution in [-0.2, 0) is 16.9 Å². The van der Waals surface area contributed by atoms with Gasteiger partial charge in [0.25, 0.3) is 11.8 Å². The summed E-state index contributed by atoms with van der Waals surface area (Å²) in [4.78, 5) is 44.2. The highest BCUT2D eigenvalue weighted by molar-refractivity contribution is 6.08. The molecule has 33 heavy (non-hydrogen) atoms. The van der Waals surface area contributed by atoms with Gasteiger partial charge in [0.05, 0.1) is 13.7 Å². The van der Waals surface area contributed by atoms with Crippen LogP contribution in [0.1, 0.15) is 27.2 Å². The van der Waals surface area contributed by atoms with E-state index in [0.29, 0.717) is 28.1 Å². The van der Waals surface area contributed by atoms with Crippen molar-refractivity contribution >= 4 is 34.6 Å². The Balaban J connectivity index is 1.54. The number of hydrogen-bond acceptors (Lipinski definition) is 7. The summed E-state index contributed by atoms with van der Waals surface area (Å²) in [6, 6.07) is 7.94. The number of imide groups is 1. The molecule has 2 aromatic heterocycles. The molecule has 1 saturated heterocycles. The lowest BCUT2D eigenvalue weighted by Gasteiger charge is -2.28. The van der Waals surface area contributed by atoms with E-state index < -0.39 is 17.5 Å². The van der Waals surface area contributed by atoms with E-state index in [1.807, 2.05) is 6.07 Å². The molecule has 4 heterocycles. The molecule has 2 aliphatic heterocycles. The number of fused-ring (bicyclic) bond motifs is 2. The second-order valence-electron chi connectivity index (χ2n) is 7.94. The lowest BCUT2D eigenvalue weighted by molar-refractivity contribution is -0.125. The average molecular weight is 447 g/mol. The van der Waals surface area contributed by atoms with Crippen LogP contribution in [0.2, 0.25) is 0 Å². The van der Waals surface area contributed by atoms with E-state index in [4.69, 9.17) is 9.15 Å². The van der Waals surface area contributed by atoms with Gasteiger partial charge >= 0.3 is 6.03 Å². The molecule has 1 atom stereocenters. The summed E-state index contributed by atoms with van der Waals surface area (Å²) in [5.41, 5.74) is 2.01. The summed E-state index contributed by atoms with van der Waals surface area (Å²) >= 11 is 0. The Hall–Kier alpha value is -4.34. The average Bonchev–Trinajstić information content (AvgIpc) is 3.46. The molecule has 0 saturated carbocycles. The number of nitrogens with one attached hydrogen (secondary N) is 3. The third kappa shape index (κ3) is 3.18. The minimum absolute atomic E-state index is 0.115. The van der Waals surface area contributed by atoms with E-state index in [-0.39, 0.29) is 24.8 Å². The van der Waals surface area contributed by atoms with Crippen molar-refractivity contribution in [1.82, 2.24) is 25.8 Å². The molecule has 3 N–H and O–H groups in total. The number of furan rings is 1. The third-order valence-corrected chi connectivity index (χ3v) is 6.01. The minimum Gasteiger partial charge on any atom is -0.497 e. The fraction of sp³-hybridized carbons (Fsp3) is 0.217. The number of ether oxygens (including phenoxy) is 1. The molecule has 3 aromatic rings. The van der Waals surface area contributed by atoms with Crippen LogP contribution in [0.5, 0.6) is 5.75 Å². The van der Waals surface area contributed by atoms with Gasteiger partial charge in [0, 0.05) is 42.7 Å². The summed E-state index contributed by atoms with van der Waals surface area (Å²) in [5.74, 6) is -0.124. The second-order valence-corrected chi connectivity index (χ2v) is 7.94. The van der Waals surface area contributed by atoms with Crippen LogP contribution in [0.4, 0.5) is 4.79 Å². The van der Waals surface area contributed by atoms with Crippen molar-refractivity contribution in [3.8, 4) is 5.75 Å². The number of urea groups is 1. The van der Waals surface area contributed by atoms with Crippen LogP contribution in [0.15, 0.2) is 47.5 Å². The lowest BCUT2D eigenvalue weighted by Crippen LogP contribution is -2.52. The summed E-state index contributed by atoms with van der Waals surface area (Å²) in [6.07, 6.45) is 1.63. The Morgan fingerprint density at radius 3 is 2.82 bits per heavy atom. The standard InChI is InChI=1S/C23H21N5O5/c1-12(24-2)14-6-18-17(25-9-14)8-19(33-18)23(21(30)26-22(31)27-23)11-28-10-13-4-5-15(32-3)7-16(13)20(28)29/h4-9,24H,1,10-11H2,2-3H3,(H2,26,27,30,31). The molecule has 10 nitrogen and oxygen atoms in total. The normalized spacial score (nSPS) is 19.5. The molecule has 4 amide bonds. The van der Waals surface area contributed by atoms with Crippen molar-refractivity contribution in [2.45, 2.75) is 12.1 Å². The quantitative estimate of drug-likeness (QED) is 0.491. The van der Waals surface area contributed by atoms with E-state index in [1.165, 1.54) is 12.0 Å². The van der Waals surface area contributed by atoms with Crippen molar-refractivity contribution in [1.29, 1.82) is 0 Å². The first kappa shape index (κ1) is 20.6. The summed E-state index contributed by atoms with van der Waals surface area (Å²) in [6.45, 7) is 4.08. The molecule has 1 aromatic carbocycles. The van der Waals surface area contributed by atoms with Gasteiger partial charge in [-0.3, -0.25) is 19.9 Å². The van der Waals surface area contributed by atoms with E-state index >= 15 is 0 Å². The number of carbonyl (C=O) groups excluding carboxylic acids is 3. The van der Waals surface area contributed by atoms with E-state index in [1.54, 1.807) is 37.5 Å². The zero-order valence-electron chi connectivity index (χ0n) is 18.0. The van der Waals surface area contributed by atoms with E-state index in [9.17, 15) is 14.4 Å². The van der Waals surface area contributed by atoms with E-state index in [2.05, 4.69) is 27.5 Å². The van der Waals surface area contributed by atoms with Crippen LogP contribution in [0, 0.1) is 0 Å². The van der Waals surface area contributed by atoms with Gasteiger partial charge in [0.1, 0.15) is 17.0 Å². The Labute approximate surface area is 188 Å². The summed E-state index contributed by atoms with van der Waals surface area (Å²) in [5, 5.41) is 7.88. The van der Waals surface area contributed by atoms with Gasteiger partial charge in [-0.05, 0) is 23.8 Å². The molecule has 10 heteroatoms. The number of pyridine rings is 1. The van der Waals surface area contributed by atoms with Crippen LogP contribution in [0.25, 0.3) is 16.8 Å². The zero-order chi connectivity index (χ0) is 23.3. The first-order valence-electron chi connectivity index (χ1n) is 10.2. The Kier molecular flexibility index (Phi) is 4.59. The Morgan fingerprint density at radius 1 is 1.30 bits per heavy atom. The lowest BCUT2D eigenvalue weighted by atomic mass is 9.95. The maximum absolute atomic E-state index is 13.1. The largest absolute Gasteiger partial charge is 0.497 e. The summed E-state index contributed by atoms with van der Waals surface area (Å²) < 4.78 is 11.2. The highest BCUT2D eigenvalue weighted by Crippen LogP contribution is 2.35. The van der Waals surface area contributed by atoms with Gasteiger partial charge in [-0.2, -0.15) is 0 Å². The fourth-order valence-corrected chi connectivity index (χ4v) is 4.17. The predicted octanol–water partition coefficient (Wildman–Crippen LogP) is 1.72. The number of rotatable bonds is 6. The second kappa shape index (κ2) is 7.37. The Bertz CT molecular complexity index is 1350. The van der Waals surface area contributed by atoms with Crippen molar-refractivity contribution < 1.29 is 23.5 Å². The molecule has 0 bridgehead atoms. The molecule has 168 valence electrons. The monoisotopic (exact) mass is 447 g/mol. The number of nitrogens with zero attached hydrogens (tertiary/aromatic N) is 2. The highest BCUT2D eigenvalue weighted by Gasteiger charge is 2.53. The van der Waals surface area contributed by atoms with Crippen molar-refractivity contribution in [2.75, 3.05) is 20.7 Å². The molecule has 1 unspecified atom stereocenters. The molecule has 5 rings (SSSR count). The molecular formula is C23H21N5O5. The molecule has 1 fully saturated rings. The molecule has 0 aliphatic carbocycles. The molecular weight excluding hydrogens is 426 g/mol. The predicted molar refractivity (Wildman–Crippen MR) is 118 cm³/mol.